The first-order chi connectivity index (χ1) is 9.15. The van der Waals surface area contributed by atoms with Crippen LogP contribution in [0.1, 0.15) is 18.0 Å². The van der Waals surface area contributed by atoms with E-state index < -0.39 is 12.0 Å². The molecule has 0 aliphatic carbocycles. The lowest BCUT2D eigenvalue weighted by atomic mass is 10.0. The molecule has 96 valence electrons. The van der Waals surface area contributed by atoms with Crippen molar-refractivity contribution in [2.24, 2.45) is 5.73 Å². The van der Waals surface area contributed by atoms with E-state index in [0.717, 1.165) is 27.4 Å². The molecular formula is C15H14N2O2. The van der Waals surface area contributed by atoms with Gasteiger partial charge in [0.05, 0.1) is 6.42 Å². The van der Waals surface area contributed by atoms with Crippen molar-refractivity contribution in [3.8, 4) is 0 Å². The van der Waals surface area contributed by atoms with Gasteiger partial charge in [-0.2, -0.15) is 0 Å². The Balaban J connectivity index is 2.13. The Morgan fingerprint density at radius 2 is 1.89 bits per heavy atom. The maximum atomic E-state index is 10.7. The highest BCUT2D eigenvalue weighted by atomic mass is 16.4. The number of aromatic amines is 1. The van der Waals surface area contributed by atoms with Crippen LogP contribution in [-0.2, 0) is 4.79 Å². The summed E-state index contributed by atoms with van der Waals surface area (Å²) in [5.41, 5.74) is 8.86. The second-order valence-corrected chi connectivity index (χ2v) is 4.68. The van der Waals surface area contributed by atoms with E-state index in [4.69, 9.17) is 10.8 Å². The van der Waals surface area contributed by atoms with Crippen molar-refractivity contribution in [3.63, 3.8) is 0 Å². The van der Waals surface area contributed by atoms with Gasteiger partial charge in [-0.05, 0) is 23.8 Å². The van der Waals surface area contributed by atoms with Gasteiger partial charge >= 0.3 is 5.97 Å². The van der Waals surface area contributed by atoms with Crippen molar-refractivity contribution in [1.82, 2.24) is 4.98 Å². The zero-order chi connectivity index (χ0) is 13.4. The molecular weight excluding hydrogens is 240 g/mol. The molecule has 4 heteroatoms. The van der Waals surface area contributed by atoms with Gasteiger partial charge < -0.3 is 15.8 Å². The van der Waals surface area contributed by atoms with E-state index in [1.54, 1.807) is 0 Å². The van der Waals surface area contributed by atoms with E-state index in [-0.39, 0.29) is 6.42 Å². The Bertz CT molecular complexity index is 761. The van der Waals surface area contributed by atoms with Crippen molar-refractivity contribution in [2.45, 2.75) is 12.5 Å². The van der Waals surface area contributed by atoms with Crippen LogP contribution in [0.4, 0.5) is 0 Å². The third-order valence-electron chi connectivity index (χ3n) is 3.35. The third kappa shape index (κ3) is 2.06. The van der Waals surface area contributed by atoms with Gasteiger partial charge in [0.1, 0.15) is 0 Å². The Labute approximate surface area is 109 Å². The summed E-state index contributed by atoms with van der Waals surface area (Å²) >= 11 is 0. The van der Waals surface area contributed by atoms with Gasteiger partial charge in [0.15, 0.2) is 0 Å². The molecule has 0 radical (unpaired) electrons. The van der Waals surface area contributed by atoms with Crippen LogP contribution in [0.5, 0.6) is 0 Å². The summed E-state index contributed by atoms with van der Waals surface area (Å²) < 4.78 is 0. The van der Waals surface area contributed by atoms with Crippen LogP contribution in [0.15, 0.2) is 42.5 Å². The number of rotatable bonds is 3. The normalized spacial score (nSPS) is 12.9. The number of carbonyl (C=O) groups is 1. The van der Waals surface area contributed by atoms with Crippen LogP contribution in [0.3, 0.4) is 0 Å². The summed E-state index contributed by atoms with van der Waals surface area (Å²) in [6.45, 7) is 0. The molecule has 0 aliphatic heterocycles. The number of aliphatic carboxylic acids is 1. The van der Waals surface area contributed by atoms with Crippen molar-refractivity contribution in [3.05, 3.63) is 48.0 Å². The highest BCUT2D eigenvalue weighted by Crippen LogP contribution is 2.28. The minimum absolute atomic E-state index is 0.0616. The van der Waals surface area contributed by atoms with Crippen LogP contribution in [0.25, 0.3) is 21.8 Å². The lowest BCUT2D eigenvalue weighted by Crippen LogP contribution is -2.14. The Hall–Kier alpha value is -2.33. The molecule has 1 unspecified atom stereocenters. The molecule has 2 aromatic carbocycles. The van der Waals surface area contributed by atoms with Crippen molar-refractivity contribution >= 4 is 27.8 Å². The zero-order valence-electron chi connectivity index (χ0n) is 10.3. The number of H-pyrrole nitrogens is 1. The van der Waals surface area contributed by atoms with Crippen LogP contribution < -0.4 is 5.73 Å². The summed E-state index contributed by atoms with van der Waals surface area (Å²) in [4.78, 5) is 14.1. The van der Waals surface area contributed by atoms with Gasteiger partial charge in [-0.3, -0.25) is 4.79 Å². The predicted molar refractivity (Wildman–Crippen MR) is 75.0 cm³/mol. The molecule has 0 fully saturated rings. The highest BCUT2D eigenvalue weighted by molar-refractivity contribution is 6.07. The topological polar surface area (TPSA) is 79.1 Å². The number of fused-ring (bicyclic) bond motifs is 3. The van der Waals surface area contributed by atoms with Gasteiger partial charge in [-0.25, -0.2) is 0 Å². The average molecular weight is 254 g/mol. The number of aromatic nitrogens is 1. The largest absolute Gasteiger partial charge is 0.481 e. The molecule has 1 aromatic heterocycles. The van der Waals surface area contributed by atoms with E-state index in [0.29, 0.717) is 0 Å². The fourth-order valence-electron chi connectivity index (χ4n) is 2.40. The van der Waals surface area contributed by atoms with Gasteiger partial charge in [-0.15, -0.1) is 0 Å². The SMILES string of the molecule is NC(CC(=O)O)c1ccc2[nH]c3ccccc3c2c1. The second-order valence-electron chi connectivity index (χ2n) is 4.68. The third-order valence-corrected chi connectivity index (χ3v) is 3.35. The van der Waals surface area contributed by atoms with Gasteiger partial charge in [0, 0.05) is 27.8 Å². The molecule has 0 amide bonds. The first-order valence-electron chi connectivity index (χ1n) is 6.13. The summed E-state index contributed by atoms with van der Waals surface area (Å²) in [5.74, 6) is -0.883. The van der Waals surface area contributed by atoms with Crippen LogP contribution in [0.2, 0.25) is 0 Å². The molecule has 3 aromatic rings. The minimum Gasteiger partial charge on any atom is -0.481 e. The molecule has 0 saturated carbocycles. The predicted octanol–water partition coefficient (Wildman–Crippen LogP) is 2.80. The number of carboxylic acid groups (broad SMARTS) is 1. The number of para-hydroxylation sites is 1. The lowest BCUT2D eigenvalue weighted by Gasteiger charge is -2.09. The lowest BCUT2D eigenvalue weighted by molar-refractivity contribution is -0.137. The standard InChI is InChI=1S/C15H14N2O2/c16-12(8-15(18)19)9-5-6-14-11(7-9)10-3-1-2-4-13(10)17-14/h1-7,12,17H,8,16H2,(H,18,19). The summed E-state index contributed by atoms with van der Waals surface area (Å²) in [5, 5.41) is 11.0. The van der Waals surface area contributed by atoms with Crippen LogP contribution in [-0.4, -0.2) is 16.1 Å². The molecule has 0 aliphatic rings. The molecule has 1 atom stereocenters. The number of carboxylic acids is 1. The Kier molecular flexibility index (Phi) is 2.72. The van der Waals surface area contributed by atoms with Crippen LogP contribution in [0, 0.1) is 0 Å². The summed E-state index contributed by atoms with van der Waals surface area (Å²) in [6, 6.07) is 13.4. The van der Waals surface area contributed by atoms with E-state index in [9.17, 15) is 4.79 Å². The minimum atomic E-state index is -0.883. The Morgan fingerprint density at radius 1 is 1.16 bits per heavy atom. The van der Waals surface area contributed by atoms with E-state index >= 15 is 0 Å². The molecule has 1 heterocycles. The maximum absolute atomic E-state index is 10.7. The van der Waals surface area contributed by atoms with Crippen molar-refractivity contribution in [2.75, 3.05) is 0 Å². The molecule has 0 bridgehead atoms. The fourth-order valence-corrected chi connectivity index (χ4v) is 2.40. The van der Waals surface area contributed by atoms with Crippen molar-refractivity contribution < 1.29 is 9.90 Å². The highest BCUT2D eigenvalue weighted by Gasteiger charge is 2.12. The van der Waals surface area contributed by atoms with Crippen molar-refractivity contribution in [1.29, 1.82) is 0 Å². The van der Waals surface area contributed by atoms with E-state index in [1.165, 1.54) is 0 Å². The Morgan fingerprint density at radius 3 is 2.68 bits per heavy atom. The zero-order valence-corrected chi connectivity index (χ0v) is 10.3. The van der Waals surface area contributed by atoms with Crippen LogP contribution >= 0.6 is 0 Å². The number of benzene rings is 2. The molecule has 4 N–H and O–H groups in total. The first-order valence-corrected chi connectivity index (χ1v) is 6.13. The van der Waals surface area contributed by atoms with Gasteiger partial charge in [-0.1, -0.05) is 24.3 Å². The first kappa shape index (κ1) is 11.7. The van der Waals surface area contributed by atoms with Gasteiger partial charge in [0.2, 0.25) is 0 Å². The molecule has 4 nitrogen and oxygen atoms in total. The summed E-state index contributed by atoms with van der Waals surface area (Å²) in [6.07, 6.45) is -0.0616. The average Bonchev–Trinajstić information content (AvgIpc) is 2.75. The molecule has 3 rings (SSSR count). The molecule has 19 heavy (non-hydrogen) atoms. The number of hydrogen-bond acceptors (Lipinski definition) is 2. The number of hydrogen-bond donors (Lipinski definition) is 3. The number of nitrogens with one attached hydrogen (secondary N) is 1. The van der Waals surface area contributed by atoms with E-state index in [1.807, 2.05) is 42.5 Å². The molecule has 0 saturated heterocycles. The monoisotopic (exact) mass is 254 g/mol. The number of nitrogens with two attached hydrogens (primary N) is 1. The summed E-state index contributed by atoms with van der Waals surface area (Å²) in [7, 11) is 0. The second kappa shape index (κ2) is 4.40. The fraction of sp³-hybridized carbons (Fsp3) is 0.133. The molecule has 0 spiro atoms. The smallest absolute Gasteiger partial charge is 0.305 e. The maximum Gasteiger partial charge on any atom is 0.305 e. The van der Waals surface area contributed by atoms with E-state index in [2.05, 4.69) is 4.98 Å². The quantitative estimate of drug-likeness (QED) is 0.672. The van der Waals surface area contributed by atoms with Gasteiger partial charge in [0.25, 0.3) is 0 Å².